The summed E-state index contributed by atoms with van der Waals surface area (Å²) in [5, 5.41) is 1.66. The Morgan fingerprint density at radius 3 is 2.27 bits per heavy atom. The molecule has 2 aliphatic heterocycles. The first kappa shape index (κ1) is 18.5. The first-order chi connectivity index (χ1) is 14.6. The summed E-state index contributed by atoms with van der Waals surface area (Å²) in [6.07, 6.45) is -0.967. The quantitative estimate of drug-likeness (QED) is 0.617. The van der Waals surface area contributed by atoms with Crippen molar-refractivity contribution in [2.45, 2.75) is 19.1 Å². The third-order valence-electron chi connectivity index (χ3n) is 5.70. The van der Waals surface area contributed by atoms with Gasteiger partial charge in [0.05, 0.1) is 17.4 Å². The Labute approximate surface area is 173 Å². The van der Waals surface area contributed by atoms with Crippen LogP contribution in [0.1, 0.15) is 17.2 Å². The molecule has 3 aromatic rings. The molecule has 30 heavy (non-hydrogen) atoms. The van der Waals surface area contributed by atoms with Gasteiger partial charge in [-0.05, 0) is 48.4 Å². The van der Waals surface area contributed by atoms with Crippen LogP contribution in [-0.4, -0.2) is 17.9 Å². The number of carbonyl (C=O) groups excluding carboxylic acids is 2. The number of carbonyl (C=O) groups is 2. The molecule has 150 valence electrons. The van der Waals surface area contributed by atoms with Crippen molar-refractivity contribution >= 4 is 23.2 Å². The van der Waals surface area contributed by atoms with Crippen LogP contribution in [0, 0.1) is 18.7 Å². The van der Waals surface area contributed by atoms with Gasteiger partial charge < -0.3 is 0 Å². The van der Waals surface area contributed by atoms with Crippen molar-refractivity contribution in [1.29, 1.82) is 0 Å². The van der Waals surface area contributed by atoms with Gasteiger partial charge in [-0.3, -0.25) is 14.4 Å². The SMILES string of the molecule is Cc1ccccc1[C@@H]1[C@@H]2C(=O)N(c3cccc(F)c3)C(=O)[C@H]2ON1c1ccccc1. The van der Waals surface area contributed by atoms with E-state index in [1.54, 1.807) is 11.1 Å². The molecule has 2 saturated heterocycles. The van der Waals surface area contributed by atoms with Gasteiger partial charge in [0, 0.05) is 0 Å². The molecule has 0 spiro atoms. The van der Waals surface area contributed by atoms with Gasteiger partial charge in [-0.2, -0.15) is 0 Å². The number of hydrogen-bond acceptors (Lipinski definition) is 4. The van der Waals surface area contributed by atoms with Crippen molar-refractivity contribution in [1.82, 2.24) is 0 Å². The number of para-hydroxylation sites is 1. The summed E-state index contributed by atoms with van der Waals surface area (Å²) in [7, 11) is 0. The summed E-state index contributed by atoms with van der Waals surface area (Å²) in [6, 6.07) is 22.2. The number of fused-ring (bicyclic) bond motifs is 1. The molecule has 0 saturated carbocycles. The minimum Gasteiger partial charge on any atom is -0.273 e. The van der Waals surface area contributed by atoms with Gasteiger partial charge in [0.2, 0.25) is 5.91 Å². The molecule has 0 radical (unpaired) electrons. The lowest BCUT2D eigenvalue weighted by Gasteiger charge is -2.29. The van der Waals surface area contributed by atoms with E-state index in [9.17, 15) is 14.0 Å². The monoisotopic (exact) mass is 402 g/mol. The zero-order valence-corrected chi connectivity index (χ0v) is 16.2. The molecule has 0 aromatic heterocycles. The molecule has 6 heteroatoms. The summed E-state index contributed by atoms with van der Waals surface area (Å²) < 4.78 is 13.8. The summed E-state index contributed by atoms with van der Waals surface area (Å²) in [5.41, 5.74) is 2.89. The van der Waals surface area contributed by atoms with Crippen LogP contribution in [0.15, 0.2) is 78.9 Å². The topological polar surface area (TPSA) is 49.9 Å². The van der Waals surface area contributed by atoms with Gasteiger partial charge >= 0.3 is 0 Å². The maximum Gasteiger partial charge on any atom is 0.266 e. The van der Waals surface area contributed by atoms with E-state index in [1.165, 1.54) is 18.2 Å². The Morgan fingerprint density at radius 2 is 1.53 bits per heavy atom. The van der Waals surface area contributed by atoms with Crippen LogP contribution >= 0.6 is 0 Å². The average molecular weight is 402 g/mol. The highest BCUT2D eigenvalue weighted by atomic mass is 19.1. The molecule has 5 nitrogen and oxygen atoms in total. The van der Waals surface area contributed by atoms with Gasteiger partial charge in [-0.1, -0.05) is 48.5 Å². The minimum atomic E-state index is -0.967. The largest absolute Gasteiger partial charge is 0.273 e. The number of amides is 2. The van der Waals surface area contributed by atoms with Crippen LogP contribution in [0.2, 0.25) is 0 Å². The number of benzene rings is 3. The summed E-state index contributed by atoms with van der Waals surface area (Å²) >= 11 is 0. The number of aryl methyl sites for hydroxylation is 1. The van der Waals surface area contributed by atoms with E-state index in [1.807, 2.05) is 61.5 Å². The van der Waals surface area contributed by atoms with Crippen molar-refractivity contribution < 1.29 is 18.8 Å². The normalized spacial score (nSPS) is 23.2. The number of anilines is 2. The Bertz CT molecular complexity index is 1130. The molecular weight excluding hydrogens is 383 g/mol. The lowest BCUT2D eigenvalue weighted by molar-refractivity contribution is -0.126. The molecule has 2 amide bonds. The number of hydroxylamine groups is 1. The van der Waals surface area contributed by atoms with E-state index in [2.05, 4.69) is 0 Å². The molecule has 0 bridgehead atoms. The zero-order chi connectivity index (χ0) is 20.8. The lowest BCUT2D eigenvalue weighted by atomic mass is 9.88. The van der Waals surface area contributed by atoms with E-state index in [4.69, 9.17) is 4.84 Å². The number of nitrogens with zero attached hydrogens (tertiary/aromatic N) is 2. The van der Waals surface area contributed by atoms with Crippen LogP contribution in [0.3, 0.4) is 0 Å². The predicted molar refractivity (Wildman–Crippen MR) is 110 cm³/mol. The predicted octanol–water partition coefficient (Wildman–Crippen LogP) is 4.19. The smallest absolute Gasteiger partial charge is 0.266 e. The number of rotatable bonds is 3. The Morgan fingerprint density at radius 1 is 0.833 bits per heavy atom. The van der Waals surface area contributed by atoms with Gasteiger partial charge in [-0.25, -0.2) is 14.4 Å². The molecule has 2 aliphatic rings. The second-order valence-corrected chi connectivity index (χ2v) is 7.51. The molecule has 0 aliphatic carbocycles. The van der Waals surface area contributed by atoms with Crippen LogP contribution < -0.4 is 9.96 Å². The van der Waals surface area contributed by atoms with Gasteiger partial charge in [-0.15, -0.1) is 0 Å². The van der Waals surface area contributed by atoms with E-state index in [0.717, 1.165) is 21.7 Å². The third-order valence-corrected chi connectivity index (χ3v) is 5.70. The number of halogens is 1. The van der Waals surface area contributed by atoms with Crippen molar-refractivity contribution in [2.24, 2.45) is 5.92 Å². The zero-order valence-electron chi connectivity index (χ0n) is 16.2. The molecule has 5 rings (SSSR count). The molecule has 0 N–H and O–H groups in total. The highest BCUT2D eigenvalue weighted by molar-refractivity contribution is 6.23. The molecule has 2 fully saturated rings. The van der Waals surface area contributed by atoms with Crippen molar-refractivity contribution in [3.05, 3.63) is 95.8 Å². The summed E-state index contributed by atoms with van der Waals surface area (Å²) in [6.45, 7) is 1.97. The molecule has 3 aromatic carbocycles. The first-order valence-corrected chi connectivity index (χ1v) is 9.76. The lowest BCUT2D eigenvalue weighted by Crippen LogP contribution is -2.37. The van der Waals surface area contributed by atoms with Crippen LogP contribution in [-0.2, 0) is 14.4 Å². The standard InChI is InChI=1S/C24H19FN2O3/c1-15-8-5-6-13-19(15)21-20-22(30-27(21)17-10-3-2-4-11-17)24(29)26(23(20)28)18-12-7-9-16(25)14-18/h2-14,20-22H,1H3/t20-,21+,22-/m0/s1. The van der Waals surface area contributed by atoms with Crippen LogP contribution in [0.4, 0.5) is 15.8 Å². The Hall–Kier alpha value is -3.51. The van der Waals surface area contributed by atoms with Gasteiger partial charge in [0.15, 0.2) is 6.10 Å². The number of hydrogen-bond donors (Lipinski definition) is 0. The van der Waals surface area contributed by atoms with Gasteiger partial charge in [0.25, 0.3) is 5.91 Å². The highest BCUT2D eigenvalue weighted by Crippen LogP contribution is 2.48. The van der Waals surface area contributed by atoms with Crippen molar-refractivity contribution in [3.8, 4) is 0 Å². The fourth-order valence-electron chi connectivity index (χ4n) is 4.32. The summed E-state index contributed by atoms with van der Waals surface area (Å²) in [5.74, 6) is -2.11. The Kier molecular flexibility index (Phi) is 4.37. The summed E-state index contributed by atoms with van der Waals surface area (Å²) in [4.78, 5) is 33.8. The fourth-order valence-corrected chi connectivity index (χ4v) is 4.32. The van der Waals surface area contributed by atoms with Crippen molar-refractivity contribution in [3.63, 3.8) is 0 Å². The Balaban J connectivity index is 1.61. The van der Waals surface area contributed by atoms with Gasteiger partial charge in [0.1, 0.15) is 11.7 Å². The first-order valence-electron chi connectivity index (χ1n) is 9.76. The van der Waals surface area contributed by atoms with Crippen LogP contribution in [0.25, 0.3) is 0 Å². The molecule has 2 heterocycles. The maximum atomic E-state index is 13.8. The van der Waals surface area contributed by atoms with E-state index in [0.29, 0.717) is 0 Å². The van der Waals surface area contributed by atoms with E-state index >= 15 is 0 Å². The average Bonchev–Trinajstić information content (AvgIpc) is 3.25. The number of imide groups is 1. The second kappa shape index (κ2) is 7.07. The van der Waals surface area contributed by atoms with Crippen molar-refractivity contribution in [2.75, 3.05) is 9.96 Å². The molecule has 3 atom stereocenters. The molecular formula is C24H19FN2O3. The third kappa shape index (κ3) is 2.80. The minimum absolute atomic E-state index is 0.220. The second-order valence-electron chi connectivity index (χ2n) is 7.51. The highest BCUT2D eigenvalue weighted by Gasteiger charge is 2.60. The maximum absolute atomic E-state index is 13.8. The van der Waals surface area contributed by atoms with E-state index < -0.39 is 29.8 Å². The van der Waals surface area contributed by atoms with Crippen LogP contribution in [0.5, 0.6) is 0 Å². The van der Waals surface area contributed by atoms with E-state index in [-0.39, 0.29) is 11.6 Å². The fraction of sp³-hybridized carbons (Fsp3) is 0.167. The molecule has 0 unspecified atom stereocenters.